The lowest BCUT2D eigenvalue weighted by atomic mass is 9.87. The first-order chi connectivity index (χ1) is 15.0. The van der Waals surface area contributed by atoms with Gasteiger partial charge in [0.05, 0.1) is 17.0 Å². The monoisotopic (exact) mass is 436 g/mol. The molecular weight excluding hydrogens is 408 g/mol. The Bertz CT molecular complexity index is 1050. The molecule has 1 aromatic carbocycles. The van der Waals surface area contributed by atoms with Gasteiger partial charge >= 0.3 is 0 Å². The lowest BCUT2D eigenvalue weighted by Gasteiger charge is -2.29. The predicted octanol–water partition coefficient (Wildman–Crippen LogP) is 3.70. The fourth-order valence-electron chi connectivity index (χ4n) is 5.70. The van der Waals surface area contributed by atoms with Crippen molar-refractivity contribution in [3.8, 4) is 5.75 Å². The highest BCUT2D eigenvalue weighted by molar-refractivity contribution is 7.14. The molecule has 3 aliphatic carbocycles. The molecule has 2 atom stereocenters. The third-order valence-electron chi connectivity index (χ3n) is 7.72. The van der Waals surface area contributed by atoms with E-state index in [1.54, 1.807) is 11.3 Å². The van der Waals surface area contributed by atoms with Gasteiger partial charge in [-0.25, -0.2) is 0 Å². The Morgan fingerprint density at radius 2 is 2.06 bits per heavy atom. The molecule has 0 radical (unpaired) electrons. The SMILES string of the molecule is CN(CC1(NC(=O)c2cc3c(s2)CCC3)CC1)C(=O)C1CC12CCOc1ccccc12. The Balaban J connectivity index is 1.12. The Morgan fingerprint density at radius 1 is 1.23 bits per heavy atom. The molecule has 2 heterocycles. The predicted molar refractivity (Wildman–Crippen MR) is 120 cm³/mol. The van der Waals surface area contributed by atoms with Crippen LogP contribution in [0.15, 0.2) is 30.3 Å². The second-order valence-electron chi connectivity index (χ2n) is 9.85. The number of ether oxygens (including phenoxy) is 1. The van der Waals surface area contributed by atoms with Gasteiger partial charge in [0.15, 0.2) is 0 Å². The third-order valence-corrected chi connectivity index (χ3v) is 8.96. The number of likely N-dealkylation sites (N-methyl/N-ethyl adjacent to an activating group) is 1. The third kappa shape index (κ3) is 3.18. The first-order valence-electron chi connectivity index (χ1n) is 11.4. The van der Waals surface area contributed by atoms with Gasteiger partial charge in [-0.2, -0.15) is 0 Å². The number of aryl methyl sites for hydroxylation is 2. The molecule has 6 rings (SSSR count). The smallest absolute Gasteiger partial charge is 0.261 e. The van der Waals surface area contributed by atoms with Crippen molar-refractivity contribution in [3.05, 3.63) is 51.2 Å². The van der Waals surface area contributed by atoms with Crippen molar-refractivity contribution >= 4 is 23.2 Å². The lowest BCUT2D eigenvalue weighted by Crippen LogP contribution is -2.47. The summed E-state index contributed by atoms with van der Waals surface area (Å²) in [6.07, 6.45) is 7.09. The van der Waals surface area contributed by atoms with Crippen LogP contribution in [0.25, 0.3) is 0 Å². The molecule has 2 aromatic rings. The topological polar surface area (TPSA) is 58.6 Å². The van der Waals surface area contributed by atoms with Crippen molar-refractivity contribution in [2.24, 2.45) is 5.92 Å². The minimum atomic E-state index is -0.258. The zero-order chi connectivity index (χ0) is 21.2. The summed E-state index contributed by atoms with van der Waals surface area (Å²) in [6, 6.07) is 10.2. The van der Waals surface area contributed by atoms with E-state index in [4.69, 9.17) is 4.74 Å². The number of benzene rings is 1. The van der Waals surface area contributed by atoms with Crippen LogP contribution in [0.4, 0.5) is 0 Å². The van der Waals surface area contributed by atoms with Gasteiger partial charge in [0.2, 0.25) is 5.91 Å². The molecule has 31 heavy (non-hydrogen) atoms. The number of rotatable bonds is 5. The number of nitrogens with one attached hydrogen (secondary N) is 1. The summed E-state index contributed by atoms with van der Waals surface area (Å²) in [5.74, 6) is 1.18. The molecule has 2 fully saturated rings. The largest absolute Gasteiger partial charge is 0.493 e. The number of carbonyl (C=O) groups is 2. The van der Waals surface area contributed by atoms with Crippen LogP contribution in [0.3, 0.4) is 0 Å². The van der Waals surface area contributed by atoms with Gasteiger partial charge in [0, 0.05) is 35.4 Å². The summed E-state index contributed by atoms with van der Waals surface area (Å²) in [5.41, 5.74) is 2.22. The van der Waals surface area contributed by atoms with Crippen LogP contribution in [-0.4, -0.2) is 42.5 Å². The standard InChI is InChI=1S/C25H28N2O3S/c1-27(23(29)18-14-25(18)11-12-30-19-7-3-2-6-17(19)25)15-24(9-10-24)26-22(28)21-13-16-5-4-8-20(16)31-21/h2-3,6-7,13,18H,4-5,8-12,14-15H2,1H3,(H,26,28). The highest BCUT2D eigenvalue weighted by Gasteiger charge is 2.62. The first-order valence-corrected chi connectivity index (χ1v) is 12.2. The lowest BCUT2D eigenvalue weighted by molar-refractivity contribution is -0.132. The fourth-order valence-corrected chi connectivity index (χ4v) is 6.85. The van der Waals surface area contributed by atoms with Crippen molar-refractivity contribution in [1.82, 2.24) is 10.2 Å². The second kappa shape index (κ2) is 6.83. The van der Waals surface area contributed by atoms with Crippen molar-refractivity contribution in [3.63, 3.8) is 0 Å². The summed E-state index contributed by atoms with van der Waals surface area (Å²) in [4.78, 5) is 30.2. The quantitative estimate of drug-likeness (QED) is 0.778. The molecule has 2 saturated carbocycles. The van der Waals surface area contributed by atoms with Crippen LogP contribution in [0.1, 0.15) is 57.8 Å². The molecular formula is C25H28N2O3S. The first kappa shape index (κ1) is 19.4. The average molecular weight is 437 g/mol. The van der Waals surface area contributed by atoms with E-state index in [0.717, 1.165) is 49.2 Å². The highest BCUT2D eigenvalue weighted by Crippen LogP contribution is 2.61. The maximum absolute atomic E-state index is 13.3. The minimum Gasteiger partial charge on any atom is -0.493 e. The molecule has 1 spiro atoms. The van der Waals surface area contributed by atoms with E-state index in [1.807, 2.05) is 30.1 Å². The van der Waals surface area contributed by atoms with Gasteiger partial charge in [-0.1, -0.05) is 18.2 Å². The second-order valence-corrected chi connectivity index (χ2v) is 11.0. The van der Waals surface area contributed by atoms with Gasteiger partial charge < -0.3 is 15.0 Å². The number of nitrogens with zero attached hydrogens (tertiary/aromatic N) is 1. The van der Waals surface area contributed by atoms with Gasteiger partial charge in [-0.15, -0.1) is 11.3 Å². The van der Waals surface area contributed by atoms with E-state index < -0.39 is 0 Å². The molecule has 0 saturated heterocycles. The highest BCUT2D eigenvalue weighted by atomic mass is 32.1. The maximum atomic E-state index is 13.3. The normalized spacial score (nSPS) is 26.5. The Labute approximate surface area is 186 Å². The number of thiophene rings is 1. The molecule has 0 bridgehead atoms. The summed E-state index contributed by atoms with van der Waals surface area (Å²) >= 11 is 1.64. The van der Waals surface area contributed by atoms with Crippen molar-refractivity contribution in [2.45, 2.75) is 55.9 Å². The number of fused-ring (bicyclic) bond motifs is 3. The van der Waals surface area contributed by atoms with E-state index in [0.29, 0.717) is 13.2 Å². The van der Waals surface area contributed by atoms with Crippen LogP contribution in [0, 0.1) is 5.92 Å². The minimum absolute atomic E-state index is 0.0225. The van der Waals surface area contributed by atoms with E-state index in [-0.39, 0.29) is 28.7 Å². The van der Waals surface area contributed by atoms with E-state index in [2.05, 4.69) is 17.4 Å². The molecule has 162 valence electrons. The zero-order valence-electron chi connectivity index (χ0n) is 17.9. The van der Waals surface area contributed by atoms with E-state index in [1.165, 1.54) is 22.4 Å². The Hall–Kier alpha value is -2.34. The van der Waals surface area contributed by atoms with Gasteiger partial charge in [-0.3, -0.25) is 9.59 Å². The summed E-state index contributed by atoms with van der Waals surface area (Å²) in [7, 11) is 1.89. The van der Waals surface area contributed by atoms with Crippen molar-refractivity contribution in [1.29, 1.82) is 0 Å². The summed E-state index contributed by atoms with van der Waals surface area (Å²) in [6.45, 7) is 1.27. The van der Waals surface area contributed by atoms with E-state index >= 15 is 0 Å². The zero-order valence-corrected chi connectivity index (χ0v) is 18.7. The molecule has 1 N–H and O–H groups in total. The van der Waals surface area contributed by atoms with Crippen LogP contribution in [0.5, 0.6) is 5.75 Å². The van der Waals surface area contributed by atoms with Gasteiger partial charge in [-0.05, 0) is 62.6 Å². The number of carbonyl (C=O) groups excluding carboxylic acids is 2. The van der Waals surface area contributed by atoms with Crippen LogP contribution in [-0.2, 0) is 23.1 Å². The van der Waals surface area contributed by atoms with Gasteiger partial charge in [0.1, 0.15) is 5.75 Å². The molecule has 1 aliphatic heterocycles. The average Bonchev–Trinajstić information content (AvgIpc) is 3.55. The van der Waals surface area contributed by atoms with Crippen molar-refractivity contribution < 1.29 is 14.3 Å². The Kier molecular flexibility index (Phi) is 4.26. The van der Waals surface area contributed by atoms with E-state index in [9.17, 15) is 9.59 Å². The maximum Gasteiger partial charge on any atom is 0.261 e. The number of amides is 2. The molecule has 2 amide bonds. The Morgan fingerprint density at radius 3 is 2.87 bits per heavy atom. The number of para-hydroxylation sites is 1. The van der Waals surface area contributed by atoms with Crippen molar-refractivity contribution in [2.75, 3.05) is 20.2 Å². The molecule has 4 aliphatic rings. The van der Waals surface area contributed by atoms with Crippen LogP contribution in [0.2, 0.25) is 0 Å². The number of hydrogen-bond donors (Lipinski definition) is 1. The van der Waals surface area contributed by atoms with Gasteiger partial charge in [0.25, 0.3) is 5.91 Å². The fraction of sp³-hybridized carbons (Fsp3) is 0.520. The molecule has 5 nitrogen and oxygen atoms in total. The summed E-state index contributed by atoms with van der Waals surface area (Å²) in [5, 5.41) is 3.26. The van der Waals surface area contributed by atoms with Crippen LogP contribution >= 0.6 is 11.3 Å². The summed E-state index contributed by atoms with van der Waals surface area (Å²) < 4.78 is 5.81. The molecule has 1 aromatic heterocycles. The molecule has 2 unspecified atom stereocenters. The number of hydrogen-bond acceptors (Lipinski definition) is 4. The van der Waals surface area contributed by atoms with Crippen LogP contribution < -0.4 is 10.1 Å². The molecule has 6 heteroatoms.